The number of ketones is 1. The minimum Gasteiger partial charge on any atom is -0.388 e. The van der Waals surface area contributed by atoms with Gasteiger partial charge in [-0.25, -0.2) is 0 Å². The maximum absolute atomic E-state index is 14.4. The van der Waals surface area contributed by atoms with Gasteiger partial charge in [0, 0.05) is 52.1 Å². The molecule has 0 radical (unpaired) electrons. The van der Waals surface area contributed by atoms with E-state index in [1.54, 1.807) is 20.8 Å². The van der Waals surface area contributed by atoms with E-state index in [1.165, 1.54) is 6.92 Å². The maximum atomic E-state index is 14.4. The molecule has 0 aliphatic carbocycles. The second-order valence-electron chi connectivity index (χ2n) is 17.8. The number of carbonyl (C=O) groups is 8. The number of carbonyl (C=O) groups excluding carboxylic acids is 8. The molecule has 0 spiro atoms. The fourth-order valence-electron chi connectivity index (χ4n) is 6.79. The van der Waals surface area contributed by atoms with Crippen molar-refractivity contribution in [2.24, 2.45) is 98.9 Å². The van der Waals surface area contributed by atoms with E-state index in [9.17, 15) is 38.4 Å². The van der Waals surface area contributed by atoms with E-state index in [4.69, 9.17) is 63.1 Å². The largest absolute Gasteiger partial charge is 0.388 e. The van der Waals surface area contributed by atoms with Crippen LogP contribution in [0.25, 0.3) is 0 Å². The van der Waals surface area contributed by atoms with Crippen molar-refractivity contribution in [3.63, 3.8) is 0 Å². The van der Waals surface area contributed by atoms with Crippen LogP contribution in [0, 0.1) is 5.92 Å². The van der Waals surface area contributed by atoms with Gasteiger partial charge in [-0.1, -0.05) is 13.8 Å². The minimum atomic E-state index is -1.42. The summed E-state index contributed by atoms with van der Waals surface area (Å²) in [5.41, 5.74) is 60.8. The van der Waals surface area contributed by atoms with E-state index < -0.39 is 77.6 Å². The van der Waals surface area contributed by atoms with E-state index in [0.717, 1.165) is 0 Å². The number of nitrogens with zero attached hydrogens (tertiary/aromatic N) is 6. The Kier molecular flexibility index (Phi) is 34.2. The Morgan fingerprint density at radius 3 is 0.776 bits per heavy atom. The lowest BCUT2D eigenvalue weighted by molar-refractivity contribution is -0.136. The van der Waals surface area contributed by atoms with E-state index in [1.807, 2.05) is 0 Å². The highest BCUT2D eigenvalue weighted by Gasteiger charge is 2.33. The SMILES string of the molecule is CC(=O)N[C@@H](CCCN=C(C)N)C(=O)N[C@@H](CCCN=C(N)N)C(=O)N[C@@H](CCCN=C(N)N)C(=O)N[C@@H](CCCN=C(N)N)C(=O)N[C@@H](CCCN=C(N)N)C(=O)N[C@@H](CCCN=C(N)N)C(=O)NCC(=O)C(C)C. The molecule has 0 saturated carbocycles. The quantitative estimate of drug-likeness (QED) is 0.0154. The average Bonchev–Trinajstić information content (AvgIpc) is 3.32. The lowest BCUT2D eigenvalue weighted by atomic mass is 10.0. The molecule has 430 valence electrons. The zero-order chi connectivity index (χ0) is 57.8. The molecule has 0 aromatic heterocycles. The number of nitrogens with two attached hydrogens (primary N) is 11. The van der Waals surface area contributed by atoms with Crippen LogP contribution >= 0.6 is 0 Å². The van der Waals surface area contributed by atoms with Crippen LogP contribution in [-0.4, -0.2) is 165 Å². The summed E-state index contributed by atoms with van der Waals surface area (Å²) >= 11 is 0. The monoisotopic (exact) mass is 1080 g/mol. The fraction of sp³-hybridized carbons (Fsp3) is 0.682. The molecule has 0 saturated heterocycles. The molecule has 29 N–H and O–H groups in total. The van der Waals surface area contributed by atoms with Crippen molar-refractivity contribution in [2.75, 3.05) is 45.8 Å². The summed E-state index contributed by atoms with van der Waals surface area (Å²) in [6.07, 6.45) is 0.914. The predicted octanol–water partition coefficient (Wildman–Crippen LogP) is -7.32. The van der Waals surface area contributed by atoms with E-state index in [2.05, 4.69) is 67.2 Å². The smallest absolute Gasteiger partial charge is 0.243 e. The number of rotatable bonds is 39. The Bertz CT molecular complexity index is 2050. The molecule has 0 aliphatic heterocycles. The highest BCUT2D eigenvalue weighted by Crippen LogP contribution is 2.10. The Labute approximate surface area is 443 Å². The summed E-state index contributed by atoms with van der Waals surface area (Å²) in [4.78, 5) is 133. The lowest BCUT2D eigenvalue weighted by Gasteiger charge is -2.28. The minimum absolute atomic E-state index is 0.0135. The number of amidine groups is 1. The van der Waals surface area contributed by atoms with Crippen molar-refractivity contribution < 1.29 is 38.4 Å². The van der Waals surface area contributed by atoms with Crippen LogP contribution in [0.4, 0.5) is 0 Å². The molecule has 0 aliphatic rings. The molecule has 0 aromatic carbocycles. The molecule has 0 rings (SSSR count). The Balaban J connectivity index is 7.18. The lowest BCUT2D eigenvalue weighted by Crippen LogP contribution is -2.59. The molecule has 7 amide bonds. The summed E-state index contributed by atoms with van der Waals surface area (Å²) in [6.45, 7) is 6.33. The number of hydrogen-bond donors (Lipinski definition) is 18. The van der Waals surface area contributed by atoms with E-state index >= 15 is 0 Å². The molecule has 0 bridgehead atoms. The summed E-state index contributed by atoms with van der Waals surface area (Å²) in [5.74, 6) is -6.75. The molecule has 32 nitrogen and oxygen atoms in total. The van der Waals surface area contributed by atoms with Gasteiger partial charge in [-0.05, 0) is 84.0 Å². The van der Waals surface area contributed by atoms with Crippen molar-refractivity contribution in [3.05, 3.63) is 0 Å². The summed E-state index contributed by atoms with van der Waals surface area (Å²) in [5, 5.41) is 18.4. The summed E-state index contributed by atoms with van der Waals surface area (Å²) in [7, 11) is 0. The van der Waals surface area contributed by atoms with E-state index in [0.29, 0.717) is 12.3 Å². The molecular weight excluding hydrogens is 993 g/mol. The van der Waals surface area contributed by atoms with Gasteiger partial charge in [-0.2, -0.15) is 0 Å². The first kappa shape index (κ1) is 67.8. The molecule has 32 heteroatoms. The molecular formula is C44H86N24O8. The van der Waals surface area contributed by atoms with Gasteiger partial charge >= 0.3 is 0 Å². The van der Waals surface area contributed by atoms with Gasteiger partial charge in [0.15, 0.2) is 35.6 Å². The van der Waals surface area contributed by atoms with Gasteiger partial charge in [-0.3, -0.25) is 68.3 Å². The number of Topliss-reactive ketones (excluding diaryl/α,β-unsaturated/α-hetero) is 1. The summed E-state index contributed by atoms with van der Waals surface area (Å²) in [6, 6.07) is -7.84. The van der Waals surface area contributed by atoms with Gasteiger partial charge in [0.1, 0.15) is 36.3 Å². The molecule has 0 aromatic rings. The molecule has 6 atom stereocenters. The third-order valence-corrected chi connectivity index (χ3v) is 10.7. The average molecular weight is 1080 g/mol. The van der Waals surface area contributed by atoms with Crippen molar-refractivity contribution >= 4 is 82.8 Å². The van der Waals surface area contributed by atoms with Crippen LogP contribution in [-0.2, 0) is 38.4 Å². The number of hydrogen-bond acceptors (Lipinski definition) is 14. The van der Waals surface area contributed by atoms with Crippen LogP contribution in [0.3, 0.4) is 0 Å². The predicted molar refractivity (Wildman–Crippen MR) is 291 cm³/mol. The Morgan fingerprint density at radius 1 is 0.342 bits per heavy atom. The highest BCUT2D eigenvalue weighted by atomic mass is 16.2. The molecule has 0 heterocycles. The van der Waals surface area contributed by atoms with Crippen molar-refractivity contribution in [1.29, 1.82) is 0 Å². The van der Waals surface area contributed by atoms with E-state index in [-0.39, 0.29) is 158 Å². The standard InChI is InChI=1S/C44H86N24O8/c1-24(2)33(70)23-62-34(71)27(11-6-18-57-40(46)47)64-36(73)29(13-7-19-58-41(48)49)66-38(75)31(15-9-21-60-43(52)53)68-39(76)32(16-10-22-61-44(54)55)67-37(74)30(14-8-20-59-42(50)51)65-35(72)28(63-26(4)69)12-5-17-56-25(3)45/h24,27-32H,5-23H2,1-4H3,(H2,45,56)(H,62,71)(H,63,69)(H,64,73)(H,65,72)(H,66,75)(H,67,74)(H,68,76)(H4,46,47,57)(H4,48,49,58)(H4,50,51,59)(H4,52,53,60)(H4,54,55,61)/t27-,28-,29-,30-,31-,32-/m0/s1. The Morgan fingerprint density at radius 2 is 0.566 bits per heavy atom. The highest BCUT2D eigenvalue weighted by molar-refractivity contribution is 5.97. The van der Waals surface area contributed by atoms with Gasteiger partial charge < -0.3 is 100 Å². The third-order valence-electron chi connectivity index (χ3n) is 10.7. The summed E-state index contributed by atoms with van der Waals surface area (Å²) < 4.78 is 0. The second kappa shape index (κ2) is 38.4. The van der Waals surface area contributed by atoms with Gasteiger partial charge in [-0.15, -0.1) is 0 Å². The van der Waals surface area contributed by atoms with Crippen LogP contribution < -0.4 is 100 Å². The van der Waals surface area contributed by atoms with Gasteiger partial charge in [0.05, 0.1) is 12.4 Å². The molecule has 76 heavy (non-hydrogen) atoms. The third kappa shape index (κ3) is 33.5. The van der Waals surface area contributed by atoms with Crippen molar-refractivity contribution in [3.8, 4) is 0 Å². The van der Waals surface area contributed by atoms with Gasteiger partial charge in [0.25, 0.3) is 0 Å². The molecule has 0 unspecified atom stereocenters. The fourth-order valence-corrected chi connectivity index (χ4v) is 6.79. The van der Waals surface area contributed by atoms with Crippen molar-refractivity contribution in [2.45, 2.75) is 141 Å². The maximum Gasteiger partial charge on any atom is 0.243 e. The second-order valence-corrected chi connectivity index (χ2v) is 17.8. The first-order valence-electron chi connectivity index (χ1n) is 24.9. The number of aliphatic imine (C=N–C) groups is 6. The topological polar surface area (TPSA) is 581 Å². The zero-order valence-electron chi connectivity index (χ0n) is 44.3. The van der Waals surface area contributed by atoms with Crippen LogP contribution in [0.1, 0.15) is 105 Å². The first-order valence-corrected chi connectivity index (χ1v) is 24.9. The number of amides is 7. The zero-order valence-corrected chi connectivity index (χ0v) is 44.3. The first-order chi connectivity index (χ1) is 35.7. The number of nitrogens with one attached hydrogen (secondary N) is 7. The van der Waals surface area contributed by atoms with Crippen LogP contribution in [0.15, 0.2) is 30.0 Å². The molecule has 0 fully saturated rings. The Hall–Kier alpha value is -8.22. The normalized spacial score (nSPS) is 13.3. The van der Waals surface area contributed by atoms with Crippen LogP contribution in [0.2, 0.25) is 0 Å². The van der Waals surface area contributed by atoms with Crippen molar-refractivity contribution in [1.82, 2.24) is 37.2 Å². The number of guanidine groups is 5. The van der Waals surface area contributed by atoms with Gasteiger partial charge in [0.2, 0.25) is 41.4 Å². The van der Waals surface area contributed by atoms with Crippen LogP contribution in [0.5, 0.6) is 0 Å².